The number of ether oxygens (including phenoxy) is 1. The summed E-state index contributed by atoms with van der Waals surface area (Å²) >= 11 is 6.07. The molecular weight excluding hydrogens is 458 g/mol. The summed E-state index contributed by atoms with van der Waals surface area (Å²) < 4.78 is 6.15. The molecule has 0 spiro atoms. The van der Waals surface area contributed by atoms with Gasteiger partial charge in [-0.3, -0.25) is 4.79 Å². The van der Waals surface area contributed by atoms with Crippen molar-refractivity contribution in [1.29, 1.82) is 0 Å². The first-order valence-electron chi connectivity index (χ1n) is 12.4. The monoisotopic (exact) mass is 493 g/mol. The van der Waals surface area contributed by atoms with Crippen molar-refractivity contribution in [2.24, 2.45) is 0 Å². The van der Waals surface area contributed by atoms with Gasteiger partial charge in [0.25, 0.3) is 0 Å². The lowest BCUT2D eigenvalue weighted by molar-refractivity contribution is -0.136. The van der Waals surface area contributed by atoms with E-state index in [2.05, 4.69) is 49.3 Å². The topological polar surface area (TPSA) is 49.8 Å². The summed E-state index contributed by atoms with van der Waals surface area (Å²) in [6, 6.07) is 22.6. The van der Waals surface area contributed by atoms with Crippen molar-refractivity contribution in [1.82, 2.24) is 4.90 Å². The minimum Gasteiger partial charge on any atom is -0.494 e. The fourth-order valence-corrected chi connectivity index (χ4v) is 4.38. The van der Waals surface area contributed by atoms with Gasteiger partial charge in [0.15, 0.2) is 0 Å². The Morgan fingerprint density at radius 1 is 0.857 bits per heavy atom. The summed E-state index contributed by atoms with van der Waals surface area (Å²) in [5, 5.41) is 9.70. The highest BCUT2D eigenvalue weighted by molar-refractivity contribution is 6.30. The van der Waals surface area contributed by atoms with E-state index in [0.717, 1.165) is 66.1 Å². The molecule has 0 bridgehead atoms. The average Bonchev–Trinajstić information content (AvgIpc) is 2.82. The number of aliphatic carboxylic acids is 1. The molecule has 3 aromatic carbocycles. The number of carboxylic acid groups (broad SMARTS) is 1. The highest BCUT2D eigenvalue weighted by Gasteiger charge is 2.07. The standard InChI is InChI=1S/C30H36ClNO3/c1-32(2)22-23-19-27(26-12-15-28(31)16-13-26)21-29(20-23)35-18-8-4-3-5-9-24-10-6-7-11-25(24)14-17-30(33)34/h6-7,10-13,15-16,19-21H,3-5,8-9,14,17-18,22H2,1-2H3,(H,33,34). The molecule has 5 heteroatoms. The molecule has 0 amide bonds. The number of carboxylic acids is 1. The fraction of sp³-hybridized carbons (Fsp3) is 0.367. The van der Waals surface area contributed by atoms with E-state index in [-0.39, 0.29) is 6.42 Å². The summed E-state index contributed by atoms with van der Waals surface area (Å²) in [6.07, 6.45) is 6.13. The van der Waals surface area contributed by atoms with Gasteiger partial charge in [-0.15, -0.1) is 0 Å². The van der Waals surface area contributed by atoms with E-state index in [4.69, 9.17) is 21.4 Å². The maximum Gasteiger partial charge on any atom is 0.303 e. The number of hydrogen-bond donors (Lipinski definition) is 1. The number of carbonyl (C=O) groups is 1. The van der Waals surface area contributed by atoms with Crippen molar-refractivity contribution in [3.63, 3.8) is 0 Å². The van der Waals surface area contributed by atoms with Crippen LogP contribution >= 0.6 is 11.6 Å². The van der Waals surface area contributed by atoms with Gasteiger partial charge in [0.05, 0.1) is 6.61 Å². The Balaban J connectivity index is 1.47. The van der Waals surface area contributed by atoms with E-state index < -0.39 is 5.97 Å². The predicted molar refractivity (Wildman–Crippen MR) is 144 cm³/mol. The van der Waals surface area contributed by atoms with Crippen LogP contribution in [0.1, 0.15) is 48.8 Å². The Bertz CT molecular complexity index is 1080. The predicted octanol–water partition coefficient (Wildman–Crippen LogP) is 7.27. The molecule has 0 saturated heterocycles. The second kappa shape index (κ2) is 13.9. The first kappa shape index (κ1) is 26.8. The third-order valence-corrected chi connectivity index (χ3v) is 6.23. The van der Waals surface area contributed by atoms with Crippen molar-refractivity contribution < 1.29 is 14.6 Å². The SMILES string of the molecule is CN(C)Cc1cc(OCCCCCCc2ccccc2CCC(=O)O)cc(-c2ccc(Cl)cc2)c1. The van der Waals surface area contributed by atoms with Gasteiger partial charge in [-0.25, -0.2) is 0 Å². The van der Waals surface area contributed by atoms with Crippen LogP contribution in [-0.4, -0.2) is 36.7 Å². The number of hydrogen-bond acceptors (Lipinski definition) is 3. The zero-order valence-corrected chi connectivity index (χ0v) is 21.6. The van der Waals surface area contributed by atoms with Gasteiger partial charge in [-0.1, -0.05) is 60.8 Å². The Morgan fingerprint density at radius 3 is 2.23 bits per heavy atom. The Hall–Kier alpha value is -2.82. The normalized spacial score (nSPS) is 11.1. The molecule has 0 atom stereocenters. The molecule has 0 aliphatic carbocycles. The van der Waals surface area contributed by atoms with Crippen LogP contribution in [0.3, 0.4) is 0 Å². The number of aryl methyl sites for hydroxylation is 2. The minimum absolute atomic E-state index is 0.184. The fourth-order valence-electron chi connectivity index (χ4n) is 4.26. The van der Waals surface area contributed by atoms with Crippen LogP contribution in [0.2, 0.25) is 5.02 Å². The molecule has 0 aliphatic heterocycles. The molecule has 1 N–H and O–H groups in total. The van der Waals surface area contributed by atoms with Crippen LogP contribution in [0.25, 0.3) is 11.1 Å². The zero-order chi connectivity index (χ0) is 25.0. The Kier molecular flexibility index (Phi) is 10.6. The van der Waals surface area contributed by atoms with Crippen LogP contribution in [-0.2, 0) is 24.2 Å². The summed E-state index contributed by atoms with van der Waals surface area (Å²) in [7, 11) is 4.14. The van der Waals surface area contributed by atoms with Crippen LogP contribution in [0.4, 0.5) is 0 Å². The summed E-state index contributed by atoms with van der Waals surface area (Å²) in [6.45, 7) is 1.55. The second-order valence-corrected chi connectivity index (χ2v) is 9.72. The maximum atomic E-state index is 10.9. The zero-order valence-electron chi connectivity index (χ0n) is 20.8. The van der Waals surface area contributed by atoms with Gasteiger partial charge >= 0.3 is 5.97 Å². The summed E-state index contributed by atoms with van der Waals surface area (Å²) in [5.74, 6) is 0.161. The van der Waals surface area contributed by atoms with Crippen molar-refractivity contribution in [3.05, 3.63) is 88.4 Å². The first-order valence-corrected chi connectivity index (χ1v) is 12.7. The molecule has 186 valence electrons. The van der Waals surface area contributed by atoms with Crippen LogP contribution in [0.15, 0.2) is 66.7 Å². The molecule has 4 nitrogen and oxygen atoms in total. The molecule has 0 fully saturated rings. The molecule has 3 aromatic rings. The smallest absolute Gasteiger partial charge is 0.303 e. The highest BCUT2D eigenvalue weighted by atomic mass is 35.5. The van der Waals surface area contributed by atoms with Crippen LogP contribution in [0, 0.1) is 0 Å². The van der Waals surface area contributed by atoms with E-state index in [0.29, 0.717) is 13.0 Å². The Labute approximate surface area is 214 Å². The molecule has 0 heterocycles. The van der Waals surface area contributed by atoms with E-state index in [1.807, 2.05) is 36.4 Å². The number of halogens is 1. The lowest BCUT2D eigenvalue weighted by Gasteiger charge is -2.15. The van der Waals surface area contributed by atoms with Crippen molar-refractivity contribution in [2.45, 2.75) is 51.5 Å². The van der Waals surface area contributed by atoms with Gasteiger partial charge in [0, 0.05) is 18.0 Å². The van der Waals surface area contributed by atoms with Crippen molar-refractivity contribution in [3.8, 4) is 16.9 Å². The third kappa shape index (κ3) is 9.39. The molecule has 0 unspecified atom stereocenters. The van der Waals surface area contributed by atoms with E-state index in [1.165, 1.54) is 11.1 Å². The maximum absolute atomic E-state index is 10.9. The molecule has 0 aliphatic rings. The molecular formula is C30H36ClNO3. The van der Waals surface area contributed by atoms with Gasteiger partial charge < -0.3 is 14.7 Å². The van der Waals surface area contributed by atoms with Gasteiger partial charge in [-0.05, 0) is 97.9 Å². The summed E-state index contributed by atoms with van der Waals surface area (Å²) in [5.41, 5.74) is 5.92. The lowest BCUT2D eigenvalue weighted by atomic mass is 9.98. The lowest BCUT2D eigenvalue weighted by Crippen LogP contribution is -2.11. The van der Waals surface area contributed by atoms with Crippen LogP contribution < -0.4 is 4.74 Å². The summed E-state index contributed by atoms with van der Waals surface area (Å²) in [4.78, 5) is 13.1. The number of benzene rings is 3. The van der Waals surface area contributed by atoms with Crippen LogP contribution in [0.5, 0.6) is 5.75 Å². The molecule has 3 rings (SSSR count). The molecule has 0 radical (unpaired) electrons. The first-order chi connectivity index (χ1) is 16.9. The molecule has 0 aromatic heterocycles. The third-order valence-electron chi connectivity index (χ3n) is 5.98. The second-order valence-electron chi connectivity index (χ2n) is 9.29. The largest absolute Gasteiger partial charge is 0.494 e. The van der Waals surface area contributed by atoms with E-state index >= 15 is 0 Å². The van der Waals surface area contributed by atoms with E-state index in [1.54, 1.807) is 0 Å². The number of nitrogens with zero attached hydrogens (tertiary/aromatic N) is 1. The quantitative estimate of drug-likeness (QED) is 0.240. The molecule has 35 heavy (non-hydrogen) atoms. The van der Waals surface area contributed by atoms with Gasteiger partial charge in [-0.2, -0.15) is 0 Å². The number of unbranched alkanes of at least 4 members (excludes halogenated alkanes) is 3. The Morgan fingerprint density at radius 2 is 1.54 bits per heavy atom. The molecule has 0 saturated carbocycles. The average molecular weight is 494 g/mol. The van der Waals surface area contributed by atoms with Crippen molar-refractivity contribution >= 4 is 17.6 Å². The van der Waals surface area contributed by atoms with Gasteiger partial charge in [0.2, 0.25) is 0 Å². The minimum atomic E-state index is -0.743. The highest BCUT2D eigenvalue weighted by Crippen LogP contribution is 2.28. The van der Waals surface area contributed by atoms with Crippen molar-refractivity contribution in [2.75, 3.05) is 20.7 Å². The van der Waals surface area contributed by atoms with E-state index in [9.17, 15) is 4.79 Å². The number of rotatable bonds is 14. The van der Waals surface area contributed by atoms with Gasteiger partial charge in [0.1, 0.15) is 5.75 Å².